The van der Waals surface area contributed by atoms with Gasteiger partial charge in [0, 0.05) is 12.6 Å². The highest BCUT2D eigenvalue weighted by Gasteiger charge is 2.17. The Balaban J connectivity index is 2.85. The average Bonchev–Trinajstić information content (AvgIpc) is 2.37. The first-order valence-electron chi connectivity index (χ1n) is 5.50. The monoisotopic (exact) mass is 235 g/mol. The van der Waals surface area contributed by atoms with Gasteiger partial charge in [0.05, 0.1) is 7.11 Å². The van der Waals surface area contributed by atoms with E-state index in [2.05, 4.69) is 4.74 Å². The van der Waals surface area contributed by atoms with Gasteiger partial charge in [-0.05, 0) is 18.1 Å². The first-order valence-corrected chi connectivity index (χ1v) is 5.50. The summed E-state index contributed by atoms with van der Waals surface area (Å²) in [7, 11) is 2.90. The topological polar surface area (TPSA) is 46.6 Å². The van der Waals surface area contributed by atoms with E-state index in [-0.39, 0.29) is 12.5 Å². The van der Waals surface area contributed by atoms with Gasteiger partial charge in [-0.25, -0.2) is 0 Å². The molecule has 0 aliphatic carbocycles. The van der Waals surface area contributed by atoms with Crippen molar-refractivity contribution in [2.24, 2.45) is 0 Å². The Hall–Kier alpha value is -1.84. The second-order valence-electron chi connectivity index (χ2n) is 3.75. The SMILES string of the molecule is CCc1ccccc1C(=O)N(C)CC(=O)OC. The number of aryl methyl sites for hydroxylation is 1. The number of hydrogen-bond donors (Lipinski definition) is 0. The van der Waals surface area contributed by atoms with E-state index in [1.54, 1.807) is 13.1 Å². The van der Waals surface area contributed by atoms with E-state index >= 15 is 0 Å². The number of nitrogens with zero attached hydrogens (tertiary/aromatic N) is 1. The van der Waals surface area contributed by atoms with Crippen LogP contribution in [0.1, 0.15) is 22.8 Å². The van der Waals surface area contributed by atoms with E-state index in [0.717, 1.165) is 12.0 Å². The lowest BCUT2D eigenvalue weighted by Crippen LogP contribution is -2.33. The van der Waals surface area contributed by atoms with Crippen LogP contribution < -0.4 is 0 Å². The third-order valence-electron chi connectivity index (χ3n) is 2.57. The minimum Gasteiger partial charge on any atom is -0.468 e. The molecule has 17 heavy (non-hydrogen) atoms. The van der Waals surface area contributed by atoms with E-state index in [4.69, 9.17) is 0 Å². The van der Waals surface area contributed by atoms with Crippen molar-refractivity contribution in [3.05, 3.63) is 35.4 Å². The van der Waals surface area contributed by atoms with Crippen LogP contribution in [0.3, 0.4) is 0 Å². The normalized spacial score (nSPS) is 9.82. The Morgan fingerprint density at radius 3 is 2.53 bits per heavy atom. The third kappa shape index (κ3) is 3.31. The molecule has 0 aromatic heterocycles. The van der Waals surface area contributed by atoms with Crippen molar-refractivity contribution in [2.45, 2.75) is 13.3 Å². The molecule has 1 rings (SSSR count). The molecule has 0 heterocycles. The predicted molar refractivity (Wildman–Crippen MR) is 64.8 cm³/mol. The summed E-state index contributed by atoms with van der Waals surface area (Å²) >= 11 is 0. The van der Waals surface area contributed by atoms with Gasteiger partial charge in [-0.2, -0.15) is 0 Å². The molecular formula is C13H17NO3. The van der Waals surface area contributed by atoms with Gasteiger partial charge in [0.15, 0.2) is 0 Å². The van der Waals surface area contributed by atoms with E-state index < -0.39 is 5.97 Å². The van der Waals surface area contributed by atoms with Crippen LogP contribution in [0.15, 0.2) is 24.3 Å². The van der Waals surface area contributed by atoms with Gasteiger partial charge >= 0.3 is 5.97 Å². The van der Waals surface area contributed by atoms with Gasteiger partial charge in [0.1, 0.15) is 6.54 Å². The molecule has 0 saturated carbocycles. The molecule has 1 amide bonds. The Morgan fingerprint density at radius 2 is 1.94 bits per heavy atom. The molecule has 0 atom stereocenters. The molecule has 1 aromatic rings. The van der Waals surface area contributed by atoms with Gasteiger partial charge < -0.3 is 9.64 Å². The van der Waals surface area contributed by atoms with Gasteiger partial charge in [-0.1, -0.05) is 25.1 Å². The van der Waals surface area contributed by atoms with Crippen LogP contribution in [0.2, 0.25) is 0 Å². The number of likely N-dealkylation sites (N-methyl/N-ethyl adjacent to an activating group) is 1. The summed E-state index contributed by atoms with van der Waals surface area (Å²) in [5.41, 5.74) is 1.62. The highest BCUT2D eigenvalue weighted by atomic mass is 16.5. The zero-order valence-electron chi connectivity index (χ0n) is 10.4. The van der Waals surface area contributed by atoms with E-state index in [0.29, 0.717) is 5.56 Å². The molecule has 0 unspecified atom stereocenters. The summed E-state index contributed by atoms with van der Waals surface area (Å²) in [6, 6.07) is 7.41. The smallest absolute Gasteiger partial charge is 0.325 e. The fourth-order valence-electron chi connectivity index (χ4n) is 1.57. The number of carbonyl (C=O) groups is 2. The van der Waals surface area contributed by atoms with Crippen LogP contribution in [0.4, 0.5) is 0 Å². The number of esters is 1. The van der Waals surface area contributed by atoms with Gasteiger partial charge in [0.2, 0.25) is 0 Å². The summed E-state index contributed by atoms with van der Waals surface area (Å²) in [6.07, 6.45) is 0.786. The zero-order valence-corrected chi connectivity index (χ0v) is 10.4. The number of carbonyl (C=O) groups excluding carboxylic acids is 2. The second kappa shape index (κ2) is 6.03. The zero-order chi connectivity index (χ0) is 12.8. The van der Waals surface area contributed by atoms with E-state index in [1.165, 1.54) is 12.0 Å². The molecule has 1 aromatic carbocycles. The summed E-state index contributed by atoms with van der Waals surface area (Å²) < 4.78 is 4.53. The van der Waals surface area contributed by atoms with Crippen LogP contribution >= 0.6 is 0 Å². The summed E-state index contributed by atoms with van der Waals surface area (Å²) in [6.45, 7) is 1.96. The van der Waals surface area contributed by atoms with E-state index in [1.807, 2.05) is 25.1 Å². The molecule has 0 radical (unpaired) electrons. The lowest BCUT2D eigenvalue weighted by molar-refractivity contribution is -0.141. The minimum absolute atomic E-state index is 0.0343. The molecule has 0 fully saturated rings. The Kier molecular flexibility index (Phi) is 4.69. The minimum atomic E-state index is -0.421. The van der Waals surface area contributed by atoms with Crippen molar-refractivity contribution in [2.75, 3.05) is 20.7 Å². The first kappa shape index (κ1) is 13.2. The Bertz CT molecular complexity index is 415. The molecule has 92 valence electrons. The van der Waals surface area contributed by atoms with Crippen molar-refractivity contribution >= 4 is 11.9 Å². The van der Waals surface area contributed by atoms with Crippen LogP contribution in [0.25, 0.3) is 0 Å². The van der Waals surface area contributed by atoms with Gasteiger partial charge in [0.25, 0.3) is 5.91 Å². The molecule has 4 heteroatoms. The molecule has 0 bridgehead atoms. The van der Waals surface area contributed by atoms with Crippen molar-refractivity contribution in [3.63, 3.8) is 0 Å². The number of amides is 1. The number of ether oxygens (including phenoxy) is 1. The maximum atomic E-state index is 12.1. The quantitative estimate of drug-likeness (QED) is 0.743. The molecular weight excluding hydrogens is 218 g/mol. The van der Waals surface area contributed by atoms with Crippen molar-refractivity contribution in [1.29, 1.82) is 0 Å². The molecule has 0 N–H and O–H groups in total. The fraction of sp³-hybridized carbons (Fsp3) is 0.385. The van der Waals surface area contributed by atoms with Crippen LogP contribution in [-0.2, 0) is 16.0 Å². The van der Waals surface area contributed by atoms with Crippen molar-refractivity contribution < 1.29 is 14.3 Å². The van der Waals surface area contributed by atoms with Crippen LogP contribution in [0.5, 0.6) is 0 Å². The van der Waals surface area contributed by atoms with Crippen LogP contribution in [-0.4, -0.2) is 37.5 Å². The highest BCUT2D eigenvalue weighted by Crippen LogP contribution is 2.11. The maximum absolute atomic E-state index is 12.1. The van der Waals surface area contributed by atoms with E-state index in [9.17, 15) is 9.59 Å². The fourth-order valence-corrected chi connectivity index (χ4v) is 1.57. The standard InChI is InChI=1S/C13H17NO3/c1-4-10-7-5-6-8-11(10)13(16)14(2)9-12(15)17-3/h5-8H,4,9H2,1-3H3. The van der Waals surface area contributed by atoms with Gasteiger partial charge in [-0.15, -0.1) is 0 Å². The molecule has 0 aliphatic rings. The lowest BCUT2D eigenvalue weighted by atomic mass is 10.0. The van der Waals surface area contributed by atoms with Crippen molar-refractivity contribution in [1.82, 2.24) is 4.90 Å². The number of rotatable bonds is 4. The third-order valence-corrected chi connectivity index (χ3v) is 2.57. The lowest BCUT2D eigenvalue weighted by Gasteiger charge is -2.17. The first-order chi connectivity index (χ1) is 8.10. The second-order valence-corrected chi connectivity index (χ2v) is 3.75. The summed E-state index contributed by atoms with van der Waals surface area (Å²) in [5.74, 6) is -0.581. The summed E-state index contributed by atoms with van der Waals surface area (Å²) in [4.78, 5) is 24.6. The Labute approximate surface area is 101 Å². The average molecular weight is 235 g/mol. The number of methoxy groups -OCH3 is 1. The van der Waals surface area contributed by atoms with Crippen LogP contribution in [0, 0.1) is 0 Å². The molecule has 0 spiro atoms. The van der Waals surface area contributed by atoms with Gasteiger partial charge in [-0.3, -0.25) is 9.59 Å². The maximum Gasteiger partial charge on any atom is 0.325 e. The predicted octanol–water partition coefficient (Wildman–Crippen LogP) is 1.49. The molecule has 0 saturated heterocycles. The largest absolute Gasteiger partial charge is 0.468 e. The number of hydrogen-bond acceptors (Lipinski definition) is 3. The molecule has 4 nitrogen and oxygen atoms in total. The Morgan fingerprint density at radius 1 is 1.29 bits per heavy atom. The highest BCUT2D eigenvalue weighted by molar-refractivity contribution is 5.97. The number of benzene rings is 1. The summed E-state index contributed by atoms with van der Waals surface area (Å²) in [5, 5.41) is 0. The van der Waals surface area contributed by atoms with Crippen molar-refractivity contribution in [3.8, 4) is 0 Å². The molecule has 0 aliphatic heterocycles.